The maximum absolute atomic E-state index is 9.64. The van der Waals surface area contributed by atoms with Gasteiger partial charge in [0.05, 0.1) is 12.8 Å². The number of hydrogen-bond acceptors (Lipinski definition) is 2. The Labute approximate surface area is 197 Å². The van der Waals surface area contributed by atoms with Crippen LogP contribution in [0, 0.1) is 12.3 Å². The van der Waals surface area contributed by atoms with Crippen LogP contribution in [0.15, 0.2) is 12.2 Å². The van der Waals surface area contributed by atoms with E-state index in [0.717, 1.165) is 5.92 Å². The Bertz CT molecular complexity index is 314. The van der Waals surface area contributed by atoms with Gasteiger partial charge in [0.2, 0.25) is 0 Å². The first kappa shape index (κ1) is 29.9. The minimum absolute atomic E-state index is 0. The Morgan fingerprint density at radius 3 is 1.84 bits per heavy atom. The van der Waals surface area contributed by atoms with Crippen molar-refractivity contribution in [1.29, 1.82) is 0 Å². The van der Waals surface area contributed by atoms with Crippen molar-refractivity contribution in [2.24, 2.45) is 5.92 Å². The first-order valence-electron chi connectivity index (χ1n) is 9.32. The summed E-state index contributed by atoms with van der Waals surface area (Å²) in [6.07, 6.45) is 18.6. The van der Waals surface area contributed by atoms with Crippen LogP contribution < -0.4 is 51.4 Å². The molecule has 25 heavy (non-hydrogen) atoms. The molecule has 0 aromatic carbocycles. The number of carboxylic acids is 2. The van der Waals surface area contributed by atoms with Gasteiger partial charge in [0, 0.05) is 0 Å². The molecule has 0 spiro atoms. The Kier molecular flexibility index (Phi) is 29.0. The number of carbonyl (C=O) groups is 2. The van der Waals surface area contributed by atoms with Crippen LogP contribution in [0.1, 0.15) is 91.4 Å². The van der Waals surface area contributed by atoms with Crippen molar-refractivity contribution in [2.45, 2.75) is 91.4 Å². The Morgan fingerprint density at radius 2 is 1.40 bits per heavy atom. The smallest absolute Gasteiger partial charge is 0.481 e. The first-order valence-corrected chi connectivity index (χ1v) is 9.32. The molecule has 0 aliphatic carbocycles. The fourth-order valence-electron chi connectivity index (χ4n) is 1.98. The standard InChI is InChI=1S/C16H31.C4H6O4.K/c1-4-5-6-7-8-9-10-11-12-13-14-15-16(2)3;5-3(6)1-2-4(7)8;/h12-14,16H,4-11,15H2,1-3H3;1-2H2,(H,5,6)(H,7,8);/q-1;;+1. The average molecular weight is 381 g/mol. The summed E-state index contributed by atoms with van der Waals surface area (Å²) in [5.74, 6) is -1.36. The normalized spacial score (nSPS) is 10.1. The number of rotatable bonds is 14. The molecule has 0 rings (SSSR count). The zero-order valence-electron chi connectivity index (χ0n) is 16.8. The van der Waals surface area contributed by atoms with Crippen LogP contribution in [-0.2, 0) is 9.59 Å². The topological polar surface area (TPSA) is 74.6 Å². The third kappa shape index (κ3) is 36.0. The SMILES string of the molecule is CCCCCCCCCC=C[CH-]CC(C)C.O=C(O)CCC(=O)O.[K+]. The van der Waals surface area contributed by atoms with Gasteiger partial charge < -0.3 is 10.2 Å². The predicted molar refractivity (Wildman–Crippen MR) is 100 cm³/mol. The molecule has 0 aliphatic rings. The van der Waals surface area contributed by atoms with Crippen LogP contribution >= 0.6 is 0 Å². The molecule has 0 saturated heterocycles. The Morgan fingerprint density at radius 1 is 0.920 bits per heavy atom. The quantitative estimate of drug-likeness (QED) is 0.276. The largest absolute Gasteiger partial charge is 1.00 e. The van der Waals surface area contributed by atoms with Crippen LogP contribution in [0.25, 0.3) is 0 Å². The molecule has 0 radical (unpaired) electrons. The summed E-state index contributed by atoms with van der Waals surface area (Å²) in [5.41, 5.74) is 0. The molecule has 0 heterocycles. The molecule has 0 saturated carbocycles. The van der Waals surface area contributed by atoms with E-state index in [1.165, 1.54) is 57.8 Å². The van der Waals surface area contributed by atoms with Gasteiger partial charge in [-0.2, -0.15) is 0 Å². The molecule has 0 bridgehead atoms. The van der Waals surface area contributed by atoms with Crippen molar-refractivity contribution >= 4 is 11.9 Å². The summed E-state index contributed by atoms with van der Waals surface area (Å²) in [5, 5.41) is 15.8. The van der Waals surface area contributed by atoms with Gasteiger partial charge in [0.25, 0.3) is 0 Å². The second-order valence-electron chi connectivity index (χ2n) is 6.49. The number of carboxylic acid groups (broad SMARTS) is 2. The van der Waals surface area contributed by atoms with E-state index in [1.54, 1.807) is 0 Å². The van der Waals surface area contributed by atoms with E-state index in [4.69, 9.17) is 10.2 Å². The average Bonchev–Trinajstić information content (AvgIpc) is 2.51. The van der Waals surface area contributed by atoms with Crippen molar-refractivity contribution in [2.75, 3.05) is 0 Å². The molecule has 0 amide bonds. The summed E-state index contributed by atoms with van der Waals surface area (Å²) in [6, 6.07) is 0. The zero-order chi connectivity index (χ0) is 18.6. The molecule has 0 aliphatic heterocycles. The van der Waals surface area contributed by atoms with E-state index >= 15 is 0 Å². The van der Waals surface area contributed by atoms with Gasteiger partial charge in [0.1, 0.15) is 0 Å². The van der Waals surface area contributed by atoms with Gasteiger partial charge in [0.15, 0.2) is 0 Å². The maximum atomic E-state index is 9.64. The molecule has 0 aromatic rings. The summed E-state index contributed by atoms with van der Waals surface area (Å²) in [6.45, 7) is 6.81. The fourth-order valence-corrected chi connectivity index (χ4v) is 1.98. The van der Waals surface area contributed by atoms with Crippen LogP contribution in [0.3, 0.4) is 0 Å². The number of hydrogen-bond donors (Lipinski definition) is 2. The summed E-state index contributed by atoms with van der Waals surface area (Å²) >= 11 is 0. The van der Waals surface area contributed by atoms with E-state index in [2.05, 4.69) is 39.3 Å². The van der Waals surface area contributed by atoms with Gasteiger partial charge in [-0.3, -0.25) is 9.59 Å². The molecule has 0 aromatic heterocycles. The molecule has 0 atom stereocenters. The molecular weight excluding hydrogens is 343 g/mol. The van der Waals surface area contributed by atoms with Gasteiger partial charge in [-0.25, -0.2) is 18.6 Å². The van der Waals surface area contributed by atoms with Crippen molar-refractivity contribution in [1.82, 2.24) is 0 Å². The molecule has 4 nitrogen and oxygen atoms in total. The van der Waals surface area contributed by atoms with Crippen LogP contribution in [0.2, 0.25) is 0 Å². The van der Waals surface area contributed by atoms with Gasteiger partial charge in [-0.1, -0.05) is 78.1 Å². The molecule has 0 unspecified atom stereocenters. The number of unbranched alkanes of at least 4 members (excludes halogenated alkanes) is 7. The third-order valence-electron chi connectivity index (χ3n) is 3.41. The summed E-state index contributed by atoms with van der Waals surface area (Å²) in [7, 11) is 0. The monoisotopic (exact) mass is 380 g/mol. The van der Waals surface area contributed by atoms with Crippen molar-refractivity contribution < 1.29 is 71.2 Å². The minimum atomic E-state index is -1.08. The minimum Gasteiger partial charge on any atom is -0.481 e. The summed E-state index contributed by atoms with van der Waals surface area (Å²) < 4.78 is 0. The van der Waals surface area contributed by atoms with E-state index in [1.807, 2.05) is 0 Å². The van der Waals surface area contributed by atoms with Crippen LogP contribution in [-0.4, -0.2) is 22.2 Å². The van der Waals surface area contributed by atoms with Gasteiger partial charge >= 0.3 is 63.3 Å². The molecule has 5 heteroatoms. The third-order valence-corrected chi connectivity index (χ3v) is 3.41. The van der Waals surface area contributed by atoms with Gasteiger partial charge in [-0.15, -0.1) is 6.42 Å². The zero-order valence-corrected chi connectivity index (χ0v) is 19.9. The molecule has 2 N–H and O–H groups in total. The molecule has 142 valence electrons. The Hall–Kier alpha value is 0.186. The molecule has 0 fully saturated rings. The fraction of sp³-hybridized carbons (Fsp3) is 0.750. The van der Waals surface area contributed by atoms with Crippen LogP contribution in [0.5, 0.6) is 0 Å². The van der Waals surface area contributed by atoms with Gasteiger partial charge in [-0.05, 0) is 0 Å². The van der Waals surface area contributed by atoms with E-state index in [0.29, 0.717) is 0 Å². The summed E-state index contributed by atoms with van der Waals surface area (Å²) in [4.78, 5) is 19.3. The Balaban J connectivity index is -0.000000457. The van der Waals surface area contributed by atoms with E-state index < -0.39 is 11.9 Å². The van der Waals surface area contributed by atoms with Crippen molar-refractivity contribution in [3.8, 4) is 0 Å². The predicted octanol–water partition coefficient (Wildman–Crippen LogP) is 2.87. The first-order chi connectivity index (χ1) is 11.4. The van der Waals surface area contributed by atoms with Crippen molar-refractivity contribution in [3.05, 3.63) is 18.6 Å². The van der Waals surface area contributed by atoms with E-state index in [9.17, 15) is 9.59 Å². The van der Waals surface area contributed by atoms with Crippen molar-refractivity contribution in [3.63, 3.8) is 0 Å². The second kappa shape index (κ2) is 24.2. The van der Waals surface area contributed by atoms with E-state index in [-0.39, 0.29) is 64.2 Å². The second-order valence-corrected chi connectivity index (χ2v) is 6.49. The van der Waals surface area contributed by atoms with Crippen LogP contribution in [0.4, 0.5) is 0 Å². The maximum Gasteiger partial charge on any atom is 1.00 e. The molecular formula is C20H37KO4. The number of aliphatic carboxylic acids is 2. The number of allylic oxidation sites excluding steroid dienone is 2.